The van der Waals surface area contributed by atoms with Crippen LogP contribution < -0.4 is 9.80 Å². The Kier molecular flexibility index (Phi) is 10.2. The summed E-state index contributed by atoms with van der Waals surface area (Å²) >= 11 is 0. The quantitative estimate of drug-likeness (QED) is 0.153. The van der Waals surface area contributed by atoms with Crippen LogP contribution in [-0.4, -0.2) is 91.4 Å². The van der Waals surface area contributed by atoms with Crippen molar-refractivity contribution in [2.24, 2.45) is 5.92 Å². The van der Waals surface area contributed by atoms with E-state index in [4.69, 9.17) is 14.2 Å². The number of methoxy groups -OCH3 is 1. The lowest BCUT2D eigenvalue weighted by molar-refractivity contribution is -0.154. The average Bonchev–Trinajstić information content (AvgIpc) is 3.50. The average molecular weight is 722 g/mol. The fourth-order valence-corrected chi connectivity index (χ4v) is 11.1. The second-order valence-corrected chi connectivity index (χ2v) is 18.6. The molecule has 2 aromatic carbocycles. The van der Waals surface area contributed by atoms with Gasteiger partial charge in [0.25, 0.3) is 5.91 Å². The predicted octanol–water partition coefficient (Wildman–Crippen LogP) is 3.14. The number of benzene rings is 2. The summed E-state index contributed by atoms with van der Waals surface area (Å²) in [6.07, 6.45) is 0.0139. The molecule has 4 aliphatic heterocycles. The van der Waals surface area contributed by atoms with Crippen molar-refractivity contribution in [1.82, 2.24) is 4.90 Å². The van der Waals surface area contributed by atoms with E-state index in [2.05, 4.69) is 0 Å². The molecule has 4 heterocycles. The normalized spacial score (nSPS) is 27.0. The maximum Gasteiger partial charge on any atom is 0.305 e. The van der Waals surface area contributed by atoms with Gasteiger partial charge in [0.15, 0.2) is 20.1 Å². The van der Waals surface area contributed by atoms with Crippen LogP contribution >= 0.6 is 0 Å². The summed E-state index contributed by atoms with van der Waals surface area (Å²) < 4.78 is 17.1. The number of anilines is 2. The summed E-state index contributed by atoms with van der Waals surface area (Å²) in [4.78, 5) is 81.8. The van der Waals surface area contributed by atoms with Gasteiger partial charge in [-0.25, -0.2) is 0 Å². The molecule has 0 radical (unpaired) electrons. The number of aliphatic hydroxyl groups excluding tert-OH is 1. The predicted molar refractivity (Wildman–Crippen MR) is 188 cm³/mol. The first kappa shape index (κ1) is 36.7. The number of amides is 3. The molecule has 2 saturated heterocycles. The molecule has 14 heteroatoms. The zero-order valence-corrected chi connectivity index (χ0v) is 30.8. The molecular weight excluding hydrogens is 675 g/mol. The summed E-state index contributed by atoms with van der Waals surface area (Å²) in [6, 6.07) is 12.6. The van der Waals surface area contributed by atoms with Crippen LogP contribution in [0.2, 0.25) is 18.6 Å². The van der Waals surface area contributed by atoms with Crippen LogP contribution in [0, 0.1) is 5.92 Å². The zero-order valence-electron chi connectivity index (χ0n) is 29.8. The van der Waals surface area contributed by atoms with E-state index in [1.54, 1.807) is 41.1 Å². The Labute approximate surface area is 298 Å². The van der Waals surface area contributed by atoms with Crippen molar-refractivity contribution in [1.29, 1.82) is 0 Å². The summed E-state index contributed by atoms with van der Waals surface area (Å²) in [5.74, 6) is -2.27. The number of β-lactam (4-membered cyclic amide) rings is 1. The summed E-state index contributed by atoms with van der Waals surface area (Å²) in [6.45, 7) is 7.11. The smallest absolute Gasteiger partial charge is 0.305 e. The van der Waals surface area contributed by atoms with Crippen LogP contribution in [0.1, 0.15) is 62.6 Å². The number of unbranched alkanes of at least 4 members (excludes halogenated alkanes) is 1. The molecule has 6 atom stereocenters. The largest absolute Gasteiger partial charge is 0.469 e. The highest BCUT2D eigenvalue weighted by Crippen LogP contribution is 2.60. The maximum atomic E-state index is 14.8. The van der Waals surface area contributed by atoms with Gasteiger partial charge in [0.1, 0.15) is 0 Å². The summed E-state index contributed by atoms with van der Waals surface area (Å²) in [5, 5.41) is 10.3. The molecule has 6 rings (SSSR count). The molecule has 1 spiro atoms. The van der Waals surface area contributed by atoms with Crippen molar-refractivity contribution >= 4 is 49.4 Å². The lowest BCUT2D eigenvalue weighted by atomic mass is 9.82. The number of esters is 2. The van der Waals surface area contributed by atoms with Gasteiger partial charge in [-0.1, -0.05) is 31.2 Å². The second kappa shape index (κ2) is 14.1. The van der Waals surface area contributed by atoms with Crippen molar-refractivity contribution in [2.75, 3.05) is 30.1 Å². The van der Waals surface area contributed by atoms with Gasteiger partial charge >= 0.3 is 11.9 Å². The van der Waals surface area contributed by atoms with Crippen LogP contribution in [0.5, 0.6) is 0 Å². The van der Waals surface area contributed by atoms with Crippen LogP contribution in [0.4, 0.5) is 11.4 Å². The van der Waals surface area contributed by atoms with Crippen molar-refractivity contribution in [3.63, 3.8) is 0 Å². The number of ether oxygens (including phenoxy) is 3. The van der Waals surface area contributed by atoms with Crippen LogP contribution in [-0.2, 0) is 56.7 Å². The van der Waals surface area contributed by atoms with Crippen molar-refractivity contribution < 1.29 is 48.1 Å². The molecule has 2 aromatic rings. The first-order chi connectivity index (χ1) is 24.2. The van der Waals surface area contributed by atoms with Crippen molar-refractivity contribution in [3.8, 4) is 0 Å². The number of rotatable bonds is 11. The lowest BCUT2D eigenvalue weighted by Gasteiger charge is -2.39. The fourth-order valence-electron chi connectivity index (χ4n) is 8.59. The number of aliphatic hydroxyl groups is 1. The van der Waals surface area contributed by atoms with Gasteiger partial charge < -0.3 is 33.9 Å². The molecule has 3 amide bonds. The van der Waals surface area contributed by atoms with Crippen molar-refractivity contribution in [2.45, 2.75) is 102 Å². The zero-order chi connectivity index (χ0) is 36.8. The number of hydrogen-bond acceptors (Lipinski definition) is 10. The Bertz CT molecular complexity index is 1730. The maximum absolute atomic E-state index is 14.8. The molecule has 51 heavy (non-hydrogen) atoms. The van der Waals surface area contributed by atoms with Gasteiger partial charge in [-0.3, -0.25) is 28.9 Å². The minimum absolute atomic E-state index is 0.0341. The second-order valence-electron chi connectivity index (χ2n) is 14.6. The van der Waals surface area contributed by atoms with Gasteiger partial charge in [0.05, 0.1) is 44.4 Å². The first-order valence-corrected chi connectivity index (χ1v) is 20.6. The Hall–Kier alpha value is -4.11. The number of hydrogen-bond donors (Lipinski definition) is 2. The van der Waals surface area contributed by atoms with Gasteiger partial charge in [-0.2, -0.15) is 0 Å². The third-order valence-electron chi connectivity index (χ3n) is 11.0. The fraction of sp³-hybridized carbons (Fsp3) is 0.541. The molecular formula is C37H47N3O10Si. The van der Waals surface area contributed by atoms with E-state index >= 15 is 0 Å². The third-order valence-corrected chi connectivity index (χ3v) is 13.5. The number of nitrogens with zero attached hydrogens (tertiary/aromatic N) is 3. The molecule has 0 saturated carbocycles. The molecule has 1 unspecified atom stereocenters. The lowest BCUT2D eigenvalue weighted by Crippen LogP contribution is -2.55. The van der Waals surface area contributed by atoms with Crippen LogP contribution in [0.25, 0.3) is 0 Å². The van der Waals surface area contributed by atoms with E-state index in [1.807, 2.05) is 31.2 Å². The van der Waals surface area contributed by atoms with Gasteiger partial charge in [0.2, 0.25) is 11.8 Å². The standard InChI is InChI=1S/C37H47N3O10Si/c1-22-35(51(4,5)47)30(18-31(43)39-20-25-11-7-6-10-24(25)16-27(39)21-41)50-37(22)28-17-26(40-32(44)19-33(40)49-23(2)42)13-14-29(28)38(36(37)46)15-9-8-12-34(45)48-3/h6-7,10-11,13-14,17,22,27,30,33,35,41,47H,8-9,12,15-16,18-21H2,1-5H3/t22-,27+,30+,33?,35-,37+/m1/s1. The summed E-state index contributed by atoms with van der Waals surface area (Å²) in [5.41, 5.74) is 1.47. The van der Waals surface area contributed by atoms with Crippen LogP contribution in [0.15, 0.2) is 42.5 Å². The number of fused-ring (bicyclic) bond motifs is 3. The molecule has 274 valence electrons. The minimum atomic E-state index is -3.12. The minimum Gasteiger partial charge on any atom is -0.469 e. The summed E-state index contributed by atoms with van der Waals surface area (Å²) in [7, 11) is -1.80. The molecule has 0 bridgehead atoms. The number of carbonyl (C=O) groups excluding carboxylic acids is 5. The topological polar surface area (TPSA) is 163 Å². The van der Waals surface area contributed by atoms with E-state index in [1.165, 1.54) is 18.9 Å². The molecule has 4 aliphatic rings. The van der Waals surface area contributed by atoms with Crippen molar-refractivity contribution in [3.05, 3.63) is 59.2 Å². The first-order valence-electron chi connectivity index (χ1n) is 17.6. The Morgan fingerprint density at radius 3 is 2.43 bits per heavy atom. The van der Waals surface area contributed by atoms with E-state index < -0.39 is 49.7 Å². The molecule has 2 fully saturated rings. The molecule has 13 nitrogen and oxygen atoms in total. The Morgan fingerprint density at radius 1 is 1.06 bits per heavy atom. The Morgan fingerprint density at radius 2 is 1.78 bits per heavy atom. The van der Waals surface area contributed by atoms with Gasteiger partial charge in [-0.05, 0) is 61.7 Å². The highest BCUT2D eigenvalue weighted by Gasteiger charge is 2.66. The van der Waals surface area contributed by atoms with Crippen LogP contribution in [0.3, 0.4) is 0 Å². The van der Waals surface area contributed by atoms with E-state index in [-0.39, 0.29) is 56.1 Å². The van der Waals surface area contributed by atoms with Gasteiger partial charge in [0, 0.05) is 49.1 Å². The highest BCUT2D eigenvalue weighted by atomic mass is 28.4. The molecule has 0 aromatic heterocycles. The SMILES string of the molecule is COC(=O)CCCCN1C(=O)[C@@]2(O[C@@H](CC(=O)N3Cc4ccccc4C[C@H]3CO)[C@H]([Si](C)(C)O)[C@H]2C)c2cc(N3C(=O)CC3OC(C)=O)ccc21. The van der Waals surface area contributed by atoms with E-state index in [0.717, 1.165) is 11.1 Å². The highest BCUT2D eigenvalue weighted by molar-refractivity contribution is 6.71. The van der Waals surface area contributed by atoms with E-state index in [0.29, 0.717) is 42.7 Å². The third kappa shape index (κ3) is 6.58. The number of carbonyl (C=O) groups is 5. The monoisotopic (exact) mass is 721 g/mol. The van der Waals surface area contributed by atoms with Gasteiger partial charge in [-0.15, -0.1) is 0 Å². The molecule has 2 N–H and O–H groups in total. The van der Waals surface area contributed by atoms with E-state index in [9.17, 15) is 33.9 Å². The molecule has 0 aliphatic carbocycles. The Balaban J connectivity index is 1.36.